The third-order valence-corrected chi connectivity index (χ3v) is 6.98. The van der Waals surface area contributed by atoms with Crippen LogP contribution < -0.4 is 19.5 Å². The number of amides is 1. The van der Waals surface area contributed by atoms with Gasteiger partial charge in [-0.3, -0.25) is 9.59 Å². The van der Waals surface area contributed by atoms with Crippen LogP contribution >= 0.6 is 0 Å². The molecule has 2 N–H and O–H groups in total. The van der Waals surface area contributed by atoms with Crippen LogP contribution in [-0.4, -0.2) is 66.7 Å². The van der Waals surface area contributed by atoms with Crippen molar-refractivity contribution >= 4 is 11.7 Å². The molecule has 1 saturated heterocycles. The molecule has 0 unspecified atom stereocenters. The Kier molecular flexibility index (Phi) is 9.19. The maximum Gasteiger partial charge on any atom is 0.507 e. The van der Waals surface area contributed by atoms with Gasteiger partial charge in [-0.15, -0.1) is 0 Å². The summed E-state index contributed by atoms with van der Waals surface area (Å²) in [6.45, 7) is 1.84. The topological polar surface area (TPSA) is 97.3 Å². The first-order valence-electron chi connectivity index (χ1n) is 13.1. The van der Waals surface area contributed by atoms with E-state index in [1.54, 1.807) is 24.3 Å². The Balaban J connectivity index is 1.35. The molecule has 0 radical (unpaired) electrons. The predicted molar refractivity (Wildman–Crippen MR) is 136 cm³/mol. The number of Topliss-reactive ketones (excluding diaryl/α,β-unsaturated/α-hetero) is 1. The molecule has 1 amide bonds. The molecule has 8 nitrogen and oxygen atoms in total. The van der Waals surface area contributed by atoms with E-state index in [0.717, 1.165) is 38.1 Å². The van der Waals surface area contributed by atoms with E-state index in [4.69, 9.17) is 4.74 Å². The number of nitrogens with zero attached hydrogens (tertiary/aromatic N) is 1. The molecule has 2 heterocycles. The molecule has 2 aliphatic heterocycles. The van der Waals surface area contributed by atoms with Crippen molar-refractivity contribution in [2.24, 2.45) is 0 Å². The number of unbranched alkanes of at least 4 members (excludes halogenated alkanes) is 1. The minimum atomic E-state index is -4.89. The van der Waals surface area contributed by atoms with Gasteiger partial charge < -0.3 is 29.5 Å². The fraction of sp³-hybridized carbons (Fsp3) is 0.500. The number of benzene rings is 2. The van der Waals surface area contributed by atoms with Crippen LogP contribution in [0.3, 0.4) is 0 Å². The number of ketones is 1. The molecule has 0 aliphatic carbocycles. The normalized spacial score (nSPS) is 19.1. The molecule has 40 heavy (non-hydrogen) atoms. The van der Waals surface area contributed by atoms with E-state index in [0.29, 0.717) is 30.7 Å². The van der Waals surface area contributed by atoms with Crippen molar-refractivity contribution in [3.8, 4) is 17.2 Å². The van der Waals surface area contributed by atoms with Gasteiger partial charge in [0.15, 0.2) is 17.3 Å². The van der Waals surface area contributed by atoms with Crippen LogP contribution in [0.15, 0.2) is 42.5 Å². The van der Waals surface area contributed by atoms with Gasteiger partial charge in [-0.2, -0.15) is 17.6 Å². The maximum atomic E-state index is 13.7. The molecule has 0 bridgehead atoms. The van der Waals surface area contributed by atoms with Crippen LogP contribution in [0.4, 0.5) is 17.6 Å². The van der Waals surface area contributed by atoms with E-state index in [9.17, 15) is 32.3 Å². The highest BCUT2D eigenvalue weighted by molar-refractivity contribution is 5.96. The highest BCUT2D eigenvalue weighted by Gasteiger charge is 2.66. The zero-order valence-electron chi connectivity index (χ0n) is 22.0. The van der Waals surface area contributed by atoms with Crippen LogP contribution in [0.25, 0.3) is 0 Å². The number of aliphatic hydroxyl groups excluding tert-OH is 1. The SMILES string of the molecule is COc1ccc(C(=O)CCCCC(=O)N[C@H](CN2CCCC2)[C@H](O)c2ccc3c(c2)OC(F)(F)C(F)(F)O3)cc1. The Hall–Kier alpha value is -3.38. The number of methoxy groups -OCH3 is 1. The van der Waals surface area contributed by atoms with E-state index in [1.807, 2.05) is 0 Å². The fourth-order valence-corrected chi connectivity index (χ4v) is 4.74. The molecule has 4 rings (SSSR count). The number of halogens is 4. The van der Waals surface area contributed by atoms with E-state index in [-0.39, 0.29) is 30.1 Å². The zero-order valence-corrected chi connectivity index (χ0v) is 22.0. The summed E-state index contributed by atoms with van der Waals surface area (Å²) in [6, 6.07) is 9.26. The van der Waals surface area contributed by atoms with Crippen molar-refractivity contribution < 1.29 is 46.5 Å². The monoisotopic (exact) mass is 568 g/mol. The molecular formula is C28H32F4N2O6. The van der Waals surface area contributed by atoms with Gasteiger partial charge in [0.2, 0.25) is 5.91 Å². The summed E-state index contributed by atoms with van der Waals surface area (Å²) in [6.07, 6.45) is -7.84. The van der Waals surface area contributed by atoms with Gasteiger partial charge in [-0.1, -0.05) is 6.07 Å². The zero-order chi connectivity index (χ0) is 28.9. The first-order chi connectivity index (χ1) is 19.0. The van der Waals surface area contributed by atoms with E-state index in [2.05, 4.69) is 19.7 Å². The van der Waals surface area contributed by atoms with E-state index < -0.39 is 35.9 Å². The second kappa shape index (κ2) is 12.4. The number of rotatable bonds is 12. The number of hydrogen-bond donors (Lipinski definition) is 2. The average Bonchev–Trinajstić information content (AvgIpc) is 3.43. The minimum absolute atomic E-state index is 0.0488. The number of likely N-dealkylation sites (tertiary alicyclic amines) is 1. The fourth-order valence-electron chi connectivity index (χ4n) is 4.74. The van der Waals surface area contributed by atoms with Crippen LogP contribution in [0.2, 0.25) is 0 Å². The standard InChI is InChI=1S/C28H32F4N2O6/c1-38-20-11-8-18(9-12-20)22(35)6-2-3-7-25(36)33-21(17-34-14-4-5-15-34)26(37)19-10-13-23-24(16-19)40-28(31,32)27(29,30)39-23/h8-13,16,21,26,37H,2-7,14-15,17H2,1H3,(H,33,36)/t21-,26-/m1/s1. The van der Waals surface area contributed by atoms with Crippen LogP contribution in [0, 0.1) is 0 Å². The largest absolute Gasteiger partial charge is 0.507 e. The number of carbonyl (C=O) groups is 2. The molecule has 2 aromatic rings. The number of ether oxygens (including phenoxy) is 3. The summed E-state index contributed by atoms with van der Waals surface area (Å²) in [5.74, 6) is -0.970. The van der Waals surface area contributed by atoms with Crippen LogP contribution in [0.5, 0.6) is 17.2 Å². The molecule has 2 atom stereocenters. The van der Waals surface area contributed by atoms with Gasteiger partial charge in [0, 0.05) is 24.9 Å². The second-order valence-electron chi connectivity index (χ2n) is 9.93. The van der Waals surface area contributed by atoms with Crippen molar-refractivity contribution in [3.63, 3.8) is 0 Å². The van der Waals surface area contributed by atoms with Crippen LogP contribution in [-0.2, 0) is 4.79 Å². The quantitative estimate of drug-likeness (QED) is 0.218. The lowest BCUT2D eigenvalue weighted by molar-refractivity contribution is -0.391. The van der Waals surface area contributed by atoms with Crippen LogP contribution in [0.1, 0.15) is 60.6 Å². The first kappa shape index (κ1) is 29.6. The summed E-state index contributed by atoms with van der Waals surface area (Å²) in [5.41, 5.74) is 0.651. The van der Waals surface area contributed by atoms with E-state index in [1.165, 1.54) is 13.2 Å². The summed E-state index contributed by atoms with van der Waals surface area (Å²) in [5, 5.41) is 13.9. The number of hydrogen-bond acceptors (Lipinski definition) is 7. The third-order valence-electron chi connectivity index (χ3n) is 6.98. The average molecular weight is 569 g/mol. The Morgan fingerprint density at radius 3 is 2.25 bits per heavy atom. The molecule has 218 valence electrons. The summed E-state index contributed by atoms with van der Waals surface area (Å²) < 4.78 is 67.7. The van der Waals surface area contributed by atoms with Gasteiger partial charge in [-0.25, -0.2) is 0 Å². The molecule has 0 aromatic heterocycles. The van der Waals surface area contributed by atoms with Gasteiger partial charge in [0.25, 0.3) is 0 Å². The van der Waals surface area contributed by atoms with Crippen molar-refractivity contribution in [1.29, 1.82) is 0 Å². The number of fused-ring (bicyclic) bond motifs is 1. The molecule has 1 fully saturated rings. The smallest absolute Gasteiger partial charge is 0.497 e. The summed E-state index contributed by atoms with van der Waals surface area (Å²) >= 11 is 0. The molecular weight excluding hydrogens is 536 g/mol. The van der Waals surface area contributed by atoms with Crippen molar-refractivity contribution in [1.82, 2.24) is 10.2 Å². The Labute approximate surface area is 229 Å². The molecule has 0 saturated carbocycles. The molecule has 0 spiro atoms. The second-order valence-corrected chi connectivity index (χ2v) is 9.93. The Bertz CT molecular complexity index is 1190. The maximum absolute atomic E-state index is 13.7. The highest BCUT2D eigenvalue weighted by atomic mass is 19.3. The summed E-state index contributed by atoms with van der Waals surface area (Å²) in [7, 11) is 1.54. The molecule has 12 heteroatoms. The van der Waals surface area contributed by atoms with Gasteiger partial charge >= 0.3 is 12.2 Å². The van der Waals surface area contributed by atoms with E-state index >= 15 is 0 Å². The number of nitrogens with one attached hydrogen (secondary N) is 1. The number of aliphatic hydroxyl groups is 1. The lowest BCUT2D eigenvalue weighted by Gasteiger charge is -2.33. The number of alkyl halides is 4. The molecule has 2 aliphatic rings. The minimum Gasteiger partial charge on any atom is -0.497 e. The third kappa shape index (κ3) is 7.03. The van der Waals surface area contributed by atoms with Gasteiger partial charge in [-0.05, 0) is 80.7 Å². The predicted octanol–water partition coefficient (Wildman–Crippen LogP) is 4.71. The van der Waals surface area contributed by atoms with Crippen molar-refractivity contribution in [2.45, 2.75) is 62.9 Å². The van der Waals surface area contributed by atoms with Gasteiger partial charge in [0.1, 0.15) is 11.9 Å². The van der Waals surface area contributed by atoms with Crippen molar-refractivity contribution in [2.75, 3.05) is 26.7 Å². The van der Waals surface area contributed by atoms with Gasteiger partial charge in [0.05, 0.1) is 13.2 Å². The number of carbonyl (C=O) groups excluding carboxylic acids is 2. The van der Waals surface area contributed by atoms with Crippen molar-refractivity contribution in [3.05, 3.63) is 53.6 Å². The Morgan fingerprint density at radius 1 is 0.975 bits per heavy atom. The lowest BCUT2D eigenvalue weighted by Crippen LogP contribution is -2.52. The highest BCUT2D eigenvalue weighted by Crippen LogP contribution is 2.47. The summed E-state index contributed by atoms with van der Waals surface area (Å²) in [4.78, 5) is 27.2. The molecule has 2 aromatic carbocycles. The Morgan fingerprint density at radius 2 is 1.60 bits per heavy atom. The first-order valence-corrected chi connectivity index (χ1v) is 13.1. The lowest BCUT2D eigenvalue weighted by atomic mass is 10.00.